The van der Waals surface area contributed by atoms with Crippen molar-refractivity contribution in [2.45, 2.75) is 17.6 Å². The first kappa shape index (κ1) is 20.9. The zero-order valence-corrected chi connectivity index (χ0v) is 18.2. The van der Waals surface area contributed by atoms with E-state index in [9.17, 15) is 16.8 Å². The number of nitrogens with zero attached hydrogens (tertiary/aromatic N) is 3. The summed E-state index contributed by atoms with van der Waals surface area (Å²) in [6.07, 6.45) is 1.65. The number of pyridine rings is 1. The summed E-state index contributed by atoms with van der Waals surface area (Å²) in [6.45, 7) is 2.39. The summed E-state index contributed by atoms with van der Waals surface area (Å²) in [4.78, 5) is 4.48. The van der Waals surface area contributed by atoms with Crippen molar-refractivity contribution < 1.29 is 16.8 Å². The van der Waals surface area contributed by atoms with E-state index in [-0.39, 0.29) is 36.8 Å². The molecule has 7 nitrogen and oxygen atoms in total. The van der Waals surface area contributed by atoms with Gasteiger partial charge in [0.2, 0.25) is 20.0 Å². The van der Waals surface area contributed by atoms with Crippen molar-refractivity contribution >= 4 is 30.9 Å². The molecule has 0 atom stereocenters. The lowest BCUT2D eigenvalue weighted by molar-refractivity contribution is 0.272. The van der Waals surface area contributed by atoms with E-state index < -0.39 is 20.0 Å². The monoisotopic (exact) mass is 445 g/mol. The number of rotatable bonds is 5. The first-order chi connectivity index (χ1) is 14.3. The maximum atomic E-state index is 13.3. The van der Waals surface area contributed by atoms with E-state index in [1.54, 1.807) is 42.6 Å². The van der Waals surface area contributed by atoms with Gasteiger partial charge < -0.3 is 0 Å². The average molecular weight is 446 g/mol. The van der Waals surface area contributed by atoms with Crippen molar-refractivity contribution in [2.75, 3.05) is 26.2 Å². The number of sulfonamides is 2. The van der Waals surface area contributed by atoms with Gasteiger partial charge in [-0.3, -0.25) is 4.98 Å². The van der Waals surface area contributed by atoms with Crippen molar-refractivity contribution in [1.29, 1.82) is 0 Å². The zero-order chi connectivity index (χ0) is 21.4. The van der Waals surface area contributed by atoms with E-state index in [0.29, 0.717) is 11.1 Å². The second-order valence-electron chi connectivity index (χ2n) is 7.39. The summed E-state index contributed by atoms with van der Waals surface area (Å²) in [5.74, 6) is -0.0901. The Kier molecular flexibility index (Phi) is 5.63. The fourth-order valence-corrected chi connectivity index (χ4v) is 6.76. The summed E-state index contributed by atoms with van der Waals surface area (Å²) < 4.78 is 54.7. The highest BCUT2D eigenvalue weighted by Gasteiger charge is 2.34. The van der Waals surface area contributed by atoms with Crippen molar-refractivity contribution in [3.05, 3.63) is 71.9 Å². The van der Waals surface area contributed by atoms with Crippen LogP contribution in [0.3, 0.4) is 0 Å². The molecule has 0 unspecified atom stereocenters. The third-order valence-electron chi connectivity index (χ3n) is 5.21. The highest BCUT2D eigenvalue weighted by Crippen LogP contribution is 2.26. The zero-order valence-electron chi connectivity index (χ0n) is 16.6. The standard InChI is InChI=1S/C21H23N3O4S2/c1-17-14-19-8-5-9-20(21(19)22-15-17)30(27,28)24-12-10-23(11-13-24)29(25,26)16-18-6-3-2-4-7-18/h2-9,14-15H,10-13,16H2,1H3. The van der Waals surface area contributed by atoms with Gasteiger partial charge in [-0.25, -0.2) is 16.8 Å². The minimum Gasteiger partial charge on any atom is -0.255 e. The van der Waals surface area contributed by atoms with Crippen molar-refractivity contribution in [3.63, 3.8) is 0 Å². The Labute approximate surface area is 177 Å². The Morgan fingerprint density at radius 3 is 2.23 bits per heavy atom. The van der Waals surface area contributed by atoms with Crippen LogP contribution in [0.25, 0.3) is 10.9 Å². The van der Waals surface area contributed by atoms with Crippen LogP contribution in [0.4, 0.5) is 0 Å². The summed E-state index contributed by atoms with van der Waals surface area (Å²) in [6, 6.07) is 16.0. The van der Waals surface area contributed by atoms with Gasteiger partial charge in [-0.2, -0.15) is 8.61 Å². The highest BCUT2D eigenvalue weighted by molar-refractivity contribution is 7.89. The number of para-hydroxylation sites is 1. The molecule has 158 valence electrons. The van der Waals surface area contributed by atoms with E-state index in [4.69, 9.17) is 0 Å². The molecule has 4 rings (SSSR count). The Morgan fingerprint density at radius 1 is 0.867 bits per heavy atom. The van der Waals surface area contributed by atoms with Crippen LogP contribution in [0.5, 0.6) is 0 Å². The van der Waals surface area contributed by atoms with E-state index >= 15 is 0 Å². The molecule has 1 saturated heterocycles. The van der Waals surface area contributed by atoms with Crippen LogP contribution >= 0.6 is 0 Å². The first-order valence-corrected chi connectivity index (χ1v) is 12.7. The lowest BCUT2D eigenvalue weighted by atomic mass is 10.2. The highest BCUT2D eigenvalue weighted by atomic mass is 32.2. The molecule has 1 aromatic heterocycles. The fourth-order valence-electron chi connectivity index (χ4n) is 3.65. The second-order valence-corrected chi connectivity index (χ2v) is 11.3. The quantitative estimate of drug-likeness (QED) is 0.602. The number of hydrogen-bond acceptors (Lipinski definition) is 5. The number of fused-ring (bicyclic) bond motifs is 1. The molecule has 2 heterocycles. The summed E-state index contributed by atoms with van der Waals surface area (Å²) in [5.41, 5.74) is 2.10. The Balaban J connectivity index is 1.53. The van der Waals surface area contributed by atoms with Gasteiger partial charge in [0.1, 0.15) is 4.90 Å². The topological polar surface area (TPSA) is 87.7 Å². The molecule has 9 heteroatoms. The number of aryl methyl sites for hydroxylation is 1. The third-order valence-corrected chi connectivity index (χ3v) is 8.99. The average Bonchev–Trinajstić information content (AvgIpc) is 2.73. The first-order valence-electron chi connectivity index (χ1n) is 9.65. The predicted octanol–water partition coefficient (Wildman–Crippen LogP) is 2.38. The molecule has 0 N–H and O–H groups in total. The smallest absolute Gasteiger partial charge is 0.245 e. The third kappa shape index (κ3) is 4.11. The Morgan fingerprint density at radius 2 is 1.53 bits per heavy atom. The minimum absolute atomic E-state index is 0.0901. The van der Waals surface area contributed by atoms with E-state index in [1.165, 1.54) is 8.61 Å². The minimum atomic E-state index is -3.78. The molecule has 0 spiro atoms. The molecule has 1 aliphatic heterocycles. The molecule has 0 aliphatic carbocycles. The van der Waals surface area contributed by atoms with Gasteiger partial charge in [0.05, 0.1) is 11.3 Å². The maximum Gasteiger partial charge on any atom is 0.245 e. The Hall–Kier alpha value is -2.33. The van der Waals surface area contributed by atoms with Crippen LogP contribution in [0, 0.1) is 6.92 Å². The van der Waals surface area contributed by atoms with Crippen LogP contribution in [-0.2, 0) is 25.8 Å². The van der Waals surface area contributed by atoms with Crippen LogP contribution in [0.2, 0.25) is 0 Å². The number of aromatic nitrogens is 1. The van der Waals surface area contributed by atoms with E-state index in [1.807, 2.05) is 25.1 Å². The molecule has 3 aromatic rings. The van der Waals surface area contributed by atoms with Gasteiger partial charge in [0.25, 0.3) is 0 Å². The summed E-state index contributed by atoms with van der Waals surface area (Å²) in [5, 5.41) is 0.764. The molecule has 0 bridgehead atoms. The molecule has 0 radical (unpaired) electrons. The van der Waals surface area contributed by atoms with Gasteiger partial charge in [0, 0.05) is 37.8 Å². The number of hydrogen-bond donors (Lipinski definition) is 0. The van der Waals surface area contributed by atoms with Crippen molar-refractivity contribution in [2.24, 2.45) is 0 Å². The molecule has 1 aliphatic rings. The lowest BCUT2D eigenvalue weighted by Gasteiger charge is -2.33. The van der Waals surface area contributed by atoms with Crippen molar-refractivity contribution in [3.8, 4) is 0 Å². The molecule has 2 aromatic carbocycles. The summed E-state index contributed by atoms with van der Waals surface area (Å²) in [7, 11) is -7.29. The maximum absolute atomic E-state index is 13.3. The van der Waals surface area contributed by atoms with Crippen LogP contribution < -0.4 is 0 Å². The largest absolute Gasteiger partial charge is 0.255 e. The van der Waals surface area contributed by atoms with Gasteiger partial charge >= 0.3 is 0 Å². The van der Waals surface area contributed by atoms with Gasteiger partial charge in [0.15, 0.2) is 0 Å². The number of benzene rings is 2. The van der Waals surface area contributed by atoms with Crippen LogP contribution in [0.15, 0.2) is 65.7 Å². The second kappa shape index (κ2) is 8.07. The number of piperazine rings is 1. The molecular weight excluding hydrogens is 422 g/mol. The van der Waals surface area contributed by atoms with Gasteiger partial charge in [-0.1, -0.05) is 42.5 Å². The van der Waals surface area contributed by atoms with E-state index in [2.05, 4.69) is 4.98 Å². The van der Waals surface area contributed by atoms with Gasteiger partial charge in [-0.05, 0) is 30.2 Å². The van der Waals surface area contributed by atoms with Crippen LogP contribution in [-0.4, -0.2) is 56.6 Å². The predicted molar refractivity (Wildman–Crippen MR) is 116 cm³/mol. The molecular formula is C21H23N3O4S2. The molecule has 0 saturated carbocycles. The molecule has 0 amide bonds. The summed E-state index contributed by atoms with van der Waals surface area (Å²) >= 11 is 0. The van der Waals surface area contributed by atoms with Crippen molar-refractivity contribution in [1.82, 2.24) is 13.6 Å². The lowest BCUT2D eigenvalue weighted by Crippen LogP contribution is -2.50. The molecule has 30 heavy (non-hydrogen) atoms. The van der Waals surface area contributed by atoms with Crippen LogP contribution in [0.1, 0.15) is 11.1 Å². The van der Waals surface area contributed by atoms with E-state index in [0.717, 1.165) is 10.9 Å². The Bertz CT molecular complexity index is 1270. The molecule has 1 fully saturated rings. The normalized spacial score (nSPS) is 16.7. The van der Waals surface area contributed by atoms with Gasteiger partial charge in [-0.15, -0.1) is 0 Å². The SMILES string of the molecule is Cc1cnc2c(S(=O)(=O)N3CCN(S(=O)(=O)Cc4ccccc4)CC3)cccc2c1. The fraction of sp³-hybridized carbons (Fsp3) is 0.286.